The Morgan fingerprint density at radius 3 is 2.16 bits per heavy atom. The summed E-state index contributed by atoms with van der Waals surface area (Å²) in [5.41, 5.74) is 1.05. The Kier molecular flexibility index (Phi) is 13.6. The maximum Gasteiger partial charge on any atom is 0.266 e. The highest BCUT2D eigenvalue weighted by molar-refractivity contribution is 6.24. The van der Waals surface area contributed by atoms with Gasteiger partial charge in [0.2, 0.25) is 17.7 Å². The molecule has 4 N–H and O–H groups in total. The SMILES string of the molecule is CCC(C(=O)NC)N1C(=O)c2ccnc(NCCN3C[C@H](C)N(CC4CCN(c5cc6nccc(Oc7ccc(NC(=O)C8(C(=O)Nc9ccc(F)cc9)CC8)cc7)c6cn5)CC4)C[C@@H]3C)c2C1=O. The number of piperazine rings is 1. The number of benzene rings is 2. The standard InChI is InChI=1S/C51H58FN11O6/c1-5-41(46(64)53-4)63-47(65)38-14-20-55-45(44(38)48(63)66)56-22-25-61-28-32(3)62(29-31(61)2)30-33-16-23-60(24-17-33)43-26-40-39(27-57-43)42(15-21-54-40)69-37-12-10-36(11-13-37)59-50(68)51(18-19-51)49(67)58-35-8-6-34(52)7-9-35/h6-15,20-21,26-27,31-33,41H,5,16-19,22-25,28-30H2,1-4H3,(H,53,64)(H,55,56)(H,58,67)(H,59,68)/t31-,32-,41?/m0/s1. The molecule has 6 heterocycles. The van der Waals surface area contributed by atoms with E-state index >= 15 is 0 Å². The van der Waals surface area contributed by atoms with E-state index < -0.39 is 40.9 Å². The van der Waals surface area contributed by atoms with Crippen molar-refractivity contribution >= 4 is 63.4 Å². The van der Waals surface area contributed by atoms with E-state index in [0.29, 0.717) is 72.5 Å². The lowest BCUT2D eigenvalue weighted by Gasteiger charge is -2.46. The lowest BCUT2D eigenvalue weighted by molar-refractivity contribution is -0.131. The van der Waals surface area contributed by atoms with Crippen LogP contribution in [0.1, 0.15) is 73.6 Å². The van der Waals surface area contributed by atoms with Gasteiger partial charge in [-0.25, -0.2) is 14.4 Å². The van der Waals surface area contributed by atoms with Gasteiger partial charge in [0.05, 0.1) is 22.0 Å². The molecule has 9 rings (SSSR count). The topological polar surface area (TPSA) is 194 Å². The van der Waals surface area contributed by atoms with Crippen LogP contribution in [0.2, 0.25) is 0 Å². The zero-order chi connectivity index (χ0) is 48.4. The fourth-order valence-corrected chi connectivity index (χ4v) is 9.82. The summed E-state index contributed by atoms with van der Waals surface area (Å²) in [5.74, 6) is 0.399. The lowest BCUT2D eigenvalue weighted by atomic mass is 9.94. The normalized spacial score (nSPS) is 19.8. The minimum Gasteiger partial charge on any atom is -0.457 e. The van der Waals surface area contributed by atoms with Crippen LogP contribution in [0, 0.1) is 17.2 Å². The Bertz CT molecular complexity index is 2750. The van der Waals surface area contributed by atoms with Gasteiger partial charge in [-0.1, -0.05) is 6.92 Å². The summed E-state index contributed by atoms with van der Waals surface area (Å²) in [6, 6.07) is 17.6. The lowest BCUT2D eigenvalue weighted by Crippen LogP contribution is -2.58. The van der Waals surface area contributed by atoms with Gasteiger partial charge in [0.15, 0.2) is 0 Å². The van der Waals surface area contributed by atoms with E-state index in [4.69, 9.17) is 9.72 Å². The van der Waals surface area contributed by atoms with Gasteiger partial charge in [0.1, 0.15) is 40.4 Å². The van der Waals surface area contributed by atoms with Crippen LogP contribution in [-0.4, -0.2) is 130 Å². The second kappa shape index (κ2) is 19.9. The number of rotatable bonds is 16. The minimum atomic E-state index is -1.17. The number of hydrogen-bond donors (Lipinski definition) is 4. The third-order valence-corrected chi connectivity index (χ3v) is 14.1. The smallest absolute Gasteiger partial charge is 0.266 e. The van der Waals surface area contributed by atoms with Crippen LogP contribution in [0.25, 0.3) is 10.9 Å². The number of fused-ring (bicyclic) bond motifs is 2. The number of piperidine rings is 1. The fourth-order valence-electron chi connectivity index (χ4n) is 9.82. The number of pyridine rings is 3. The van der Waals surface area contributed by atoms with Gasteiger partial charge in [-0.3, -0.25) is 43.7 Å². The fraction of sp³-hybridized carbons (Fsp3) is 0.412. The second-order valence-electron chi connectivity index (χ2n) is 18.6. The summed E-state index contributed by atoms with van der Waals surface area (Å²) >= 11 is 0. The zero-order valence-corrected chi connectivity index (χ0v) is 39.3. The highest BCUT2D eigenvalue weighted by Gasteiger charge is 2.56. The summed E-state index contributed by atoms with van der Waals surface area (Å²) in [4.78, 5) is 87.8. The Morgan fingerprint density at radius 1 is 0.841 bits per heavy atom. The van der Waals surface area contributed by atoms with Crippen LogP contribution in [0.5, 0.6) is 11.5 Å². The van der Waals surface area contributed by atoms with Crippen molar-refractivity contribution < 1.29 is 33.1 Å². The number of nitrogens with zero attached hydrogens (tertiary/aromatic N) is 7. The number of aromatic nitrogens is 3. The predicted molar refractivity (Wildman–Crippen MR) is 260 cm³/mol. The zero-order valence-electron chi connectivity index (χ0n) is 39.3. The van der Waals surface area contributed by atoms with Crippen molar-refractivity contribution in [3.63, 3.8) is 0 Å². The van der Waals surface area contributed by atoms with Crippen molar-refractivity contribution in [2.45, 2.75) is 71.0 Å². The van der Waals surface area contributed by atoms with Gasteiger partial charge >= 0.3 is 0 Å². The van der Waals surface area contributed by atoms with Crippen LogP contribution < -0.4 is 30.9 Å². The highest BCUT2D eigenvalue weighted by atomic mass is 19.1. The van der Waals surface area contributed by atoms with E-state index in [1.165, 1.54) is 37.5 Å². The summed E-state index contributed by atoms with van der Waals surface area (Å²) in [5, 5.41) is 12.2. The molecule has 0 radical (unpaired) electrons. The average Bonchev–Trinajstić information content (AvgIpc) is 4.14. The van der Waals surface area contributed by atoms with Crippen molar-refractivity contribution in [3.05, 3.63) is 102 Å². The number of amides is 5. The molecule has 3 fully saturated rings. The first-order chi connectivity index (χ1) is 33.3. The van der Waals surface area contributed by atoms with Crippen molar-refractivity contribution in [2.24, 2.45) is 11.3 Å². The number of likely N-dealkylation sites (N-methyl/N-ethyl adjacent to an activating group) is 1. The maximum atomic E-state index is 13.5. The number of carbonyl (C=O) groups is 5. The number of anilines is 4. The van der Waals surface area contributed by atoms with E-state index in [2.05, 4.69) is 59.8 Å². The molecule has 2 saturated heterocycles. The average molecular weight is 940 g/mol. The molecular formula is C51H58FN11O6. The van der Waals surface area contributed by atoms with Crippen molar-refractivity contribution in [3.8, 4) is 11.5 Å². The molecule has 5 aromatic rings. The molecule has 3 atom stereocenters. The van der Waals surface area contributed by atoms with Crippen LogP contribution in [-0.2, 0) is 14.4 Å². The number of carbonyl (C=O) groups excluding carboxylic acids is 5. The number of imide groups is 1. The first-order valence-corrected chi connectivity index (χ1v) is 23.8. The maximum absolute atomic E-state index is 13.5. The Balaban J connectivity index is 0.732. The predicted octanol–water partition coefficient (Wildman–Crippen LogP) is 6.16. The van der Waals surface area contributed by atoms with Gasteiger partial charge in [-0.05, 0) is 113 Å². The van der Waals surface area contributed by atoms with Crippen molar-refractivity contribution in [1.82, 2.24) is 35.0 Å². The number of ether oxygens (including phenoxy) is 1. The van der Waals surface area contributed by atoms with Crippen molar-refractivity contribution in [1.29, 1.82) is 0 Å². The molecular weight excluding hydrogens is 882 g/mol. The molecule has 3 aliphatic heterocycles. The van der Waals surface area contributed by atoms with E-state index in [9.17, 15) is 28.4 Å². The highest BCUT2D eigenvalue weighted by Crippen LogP contribution is 2.47. The molecule has 0 spiro atoms. The van der Waals surface area contributed by atoms with E-state index in [-0.39, 0.29) is 17.0 Å². The van der Waals surface area contributed by atoms with Crippen LogP contribution in [0.4, 0.5) is 27.4 Å². The minimum absolute atomic E-state index is 0.222. The molecule has 1 unspecified atom stereocenters. The molecule has 1 saturated carbocycles. The molecule has 4 aliphatic rings. The Morgan fingerprint density at radius 2 is 1.49 bits per heavy atom. The molecule has 2 aromatic carbocycles. The third kappa shape index (κ3) is 9.81. The molecule has 1 aliphatic carbocycles. The molecule has 360 valence electrons. The van der Waals surface area contributed by atoms with Crippen molar-refractivity contribution in [2.75, 3.05) is 73.7 Å². The number of nitrogens with one attached hydrogen (secondary N) is 4. The molecule has 17 nitrogen and oxygen atoms in total. The first-order valence-electron chi connectivity index (χ1n) is 23.8. The molecule has 69 heavy (non-hydrogen) atoms. The van der Waals surface area contributed by atoms with E-state index in [0.717, 1.165) is 73.7 Å². The molecule has 3 aromatic heterocycles. The molecule has 0 bridgehead atoms. The monoisotopic (exact) mass is 939 g/mol. The van der Waals surface area contributed by atoms with Crippen LogP contribution >= 0.6 is 0 Å². The van der Waals surface area contributed by atoms with Gasteiger partial charge in [0, 0.05) is 101 Å². The van der Waals surface area contributed by atoms with E-state index in [1.54, 1.807) is 49.5 Å². The second-order valence-corrected chi connectivity index (χ2v) is 18.6. The third-order valence-electron chi connectivity index (χ3n) is 14.1. The number of halogens is 1. The summed E-state index contributed by atoms with van der Waals surface area (Å²) in [6.45, 7) is 12.3. The first kappa shape index (κ1) is 47.0. The Hall–Kier alpha value is -7.05. The largest absolute Gasteiger partial charge is 0.457 e. The summed E-state index contributed by atoms with van der Waals surface area (Å²) in [6.07, 6.45) is 8.33. The number of hydrogen-bond acceptors (Lipinski definition) is 13. The van der Waals surface area contributed by atoms with Crippen LogP contribution in [0.15, 0.2) is 85.3 Å². The van der Waals surface area contributed by atoms with Gasteiger partial charge in [-0.2, -0.15) is 0 Å². The van der Waals surface area contributed by atoms with Gasteiger partial charge < -0.3 is 30.9 Å². The molecule has 18 heteroatoms. The Labute approximate surface area is 400 Å². The quantitative estimate of drug-likeness (QED) is 0.0650. The van der Waals surface area contributed by atoms with Gasteiger partial charge in [-0.15, -0.1) is 0 Å². The summed E-state index contributed by atoms with van der Waals surface area (Å²) < 4.78 is 19.6. The summed E-state index contributed by atoms with van der Waals surface area (Å²) in [7, 11) is 1.49. The van der Waals surface area contributed by atoms with Crippen LogP contribution in [0.3, 0.4) is 0 Å². The van der Waals surface area contributed by atoms with E-state index in [1.807, 2.05) is 12.3 Å². The molecule has 5 amide bonds. The van der Waals surface area contributed by atoms with Gasteiger partial charge in [0.25, 0.3) is 11.8 Å².